The first-order valence-corrected chi connectivity index (χ1v) is 7.82. The number of carbonyl (C=O) groups excluding carboxylic acids is 1. The lowest BCUT2D eigenvalue weighted by Crippen LogP contribution is -2.37. The summed E-state index contributed by atoms with van der Waals surface area (Å²) >= 11 is 0. The zero-order chi connectivity index (χ0) is 15.4. The molecule has 116 valence electrons. The van der Waals surface area contributed by atoms with Crippen molar-refractivity contribution in [2.75, 3.05) is 13.1 Å². The second-order valence-electron chi connectivity index (χ2n) is 5.78. The molecule has 1 aliphatic rings. The van der Waals surface area contributed by atoms with Crippen molar-refractivity contribution in [1.29, 1.82) is 0 Å². The number of esters is 1. The quantitative estimate of drug-likeness (QED) is 0.647. The summed E-state index contributed by atoms with van der Waals surface area (Å²) < 4.78 is 5.06. The molecule has 1 unspecified atom stereocenters. The maximum atomic E-state index is 11.1. The summed E-state index contributed by atoms with van der Waals surface area (Å²) in [5.41, 5.74) is 2.36. The van der Waals surface area contributed by atoms with Gasteiger partial charge in [0.25, 0.3) is 0 Å². The van der Waals surface area contributed by atoms with Crippen LogP contribution in [0.4, 0.5) is 0 Å². The van der Waals surface area contributed by atoms with E-state index in [0.29, 0.717) is 6.04 Å². The number of rotatable bonds is 6. The number of phenols is 1. The Balaban J connectivity index is 2.16. The van der Waals surface area contributed by atoms with Crippen LogP contribution in [0.3, 0.4) is 0 Å². The average molecular weight is 291 g/mol. The Hall–Kier alpha value is -1.55. The molecule has 4 heteroatoms. The number of fused-ring (bicyclic) bond motifs is 1. The van der Waals surface area contributed by atoms with Gasteiger partial charge in [0.15, 0.2) is 11.5 Å². The second-order valence-corrected chi connectivity index (χ2v) is 5.78. The molecule has 0 aliphatic heterocycles. The van der Waals surface area contributed by atoms with Gasteiger partial charge in [-0.3, -0.25) is 9.69 Å². The fraction of sp³-hybridized carbons (Fsp3) is 0.588. The summed E-state index contributed by atoms with van der Waals surface area (Å²) in [6.07, 6.45) is 4.22. The molecule has 0 bridgehead atoms. The highest BCUT2D eigenvalue weighted by molar-refractivity contribution is 5.70. The molecule has 1 aromatic carbocycles. The van der Waals surface area contributed by atoms with E-state index in [9.17, 15) is 9.90 Å². The molecule has 1 aliphatic carbocycles. The van der Waals surface area contributed by atoms with Crippen molar-refractivity contribution >= 4 is 5.97 Å². The zero-order valence-electron chi connectivity index (χ0n) is 13.2. The van der Waals surface area contributed by atoms with E-state index in [1.165, 1.54) is 18.1 Å². The van der Waals surface area contributed by atoms with Crippen molar-refractivity contribution in [1.82, 2.24) is 4.90 Å². The van der Waals surface area contributed by atoms with Gasteiger partial charge in [-0.2, -0.15) is 0 Å². The van der Waals surface area contributed by atoms with E-state index in [4.69, 9.17) is 4.74 Å². The number of carbonyl (C=O) groups is 1. The van der Waals surface area contributed by atoms with Crippen molar-refractivity contribution in [3.05, 3.63) is 23.3 Å². The summed E-state index contributed by atoms with van der Waals surface area (Å²) in [5.74, 6) is -0.0695. The summed E-state index contributed by atoms with van der Waals surface area (Å²) in [7, 11) is 0. The van der Waals surface area contributed by atoms with Crippen LogP contribution < -0.4 is 4.74 Å². The third-order valence-electron chi connectivity index (χ3n) is 3.98. The largest absolute Gasteiger partial charge is 0.504 e. The summed E-state index contributed by atoms with van der Waals surface area (Å²) in [6, 6.07) is 4.07. The summed E-state index contributed by atoms with van der Waals surface area (Å²) in [5, 5.41) is 9.96. The van der Waals surface area contributed by atoms with Gasteiger partial charge in [0, 0.05) is 13.0 Å². The van der Waals surface area contributed by atoms with E-state index in [1.807, 2.05) is 6.07 Å². The fourth-order valence-electron chi connectivity index (χ4n) is 3.16. The van der Waals surface area contributed by atoms with E-state index >= 15 is 0 Å². The van der Waals surface area contributed by atoms with Gasteiger partial charge >= 0.3 is 5.97 Å². The van der Waals surface area contributed by atoms with Crippen molar-refractivity contribution < 1.29 is 14.6 Å². The molecule has 0 aromatic heterocycles. The first-order valence-electron chi connectivity index (χ1n) is 7.82. The monoisotopic (exact) mass is 291 g/mol. The third kappa shape index (κ3) is 3.76. The van der Waals surface area contributed by atoms with Gasteiger partial charge in [-0.05, 0) is 62.0 Å². The van der Waals surface area contributed by atoms with E-state index in [-0.39, 0.29) is 11.5 Å². The lowest BCUT2D eigenvalue weighted by molar-refractivity contribution is -0.132. The van der Waals surface area contributed by atoms with E-state index in [2.05, 4.69) is 18.7 Å². The first-order chi connectivity index (χ1) is 10.0. The van der Waals surface area contributed by atoms with Crippen LogP contribution >= 0.6 is 0 Å². The molecule has 1 aromatic rings. The van der Waals surface area contributed by atoms with Crippen molar-refractivity contribution in [3.63, 3.8) is 0 Å². The maximum Gasteiger partial charge on any atom is 0.308 e. The Labute approximate surface area is 126 Å². The Morgan fingerprint density at radius 1 is 1.24 bits per heavy atom. The van der Waals surface area contributed by atoms with Crippen LogP contribution in [0.5, 0.6) is 11.5 Å². The van der Waals surface area contributed by atoms with Crippen LogP contribution in [0.15, 0.2) is 12.1 Å². The molecule has 1 atom stereocenters. The number of phenolic OH excluding ortho intramolecular Hbond substituents is 1. The van der Waals surface area contributed by atoms with Gasteiger partial charge in [0.2, 0.25) is 0 Å². The minimum Gasteiger partial charge on any atom is -0.504 e. The van der Waals surface area contributed by atoms with Gasteiger partial charge in [-0.15, -0.1) is 0 Å². The molecule has 0 saturated carbocycles. The standard InChI is InChI=1S/C17H25NO3/c1-4-6-18(7-5-2)15-8-13-10-16(20)17(21-12(3)19)11-14(13)9-15/h10-11,15,20H,4-9H2,1-3H3. The topological polar surface area (TPSA) is 49.8 Å². The van der Waals surface area contributed by atoms with Crippen molar-refractivity contribution in [2.24, 2.45) is 0 Å². The van der Waals surface area contributed by atoms with Gasteiger partial charge in [-0.1, -0.05) is 13.8 Å². The molecule has 0 fully saturated rings. The minimum absolute atomic E-state index is 0.0575. The Morgan fingerprint density at radius 3 is 2.33 bits per heavy atom. The molecule has 0 amide bonds. The van der Waals surface area contributed by atoms with Crippen LogP contribution in [0.1, 0.15) is 44.7 Å². The molecule has 0 heterocycles. The molecular formula is C17H25NO3. The number of ether oxygens (including phenoxy) is 1. The van der Waals surface area contributed by atoms with Gasteiger partial charge in [0.1, 0.15) is 0 Å². The number of nitrogens with zero attached hydrogens (tertiary/aromatic N) is 1. The number of hydrogen-bond donors (Lipinski definition) is 1. The fourth-order valence-corrected chi connectivity index (χ4v) is 3.16. The second kappa shape index (κ2) is 6.94. The number of aromatic hydroxyl groups is 1. The van der Waals surface area contributed by atoms with Gasteiger partial charge in [0.05, 0.1) is 0 Å². The summed E-state index contributed by atoms with van der Waals surface area (Å²) in [6.45, 7) is 7.97. The highest BCUT2D eigenvalue weighted by Gasteiger charge is 2.27. The van der Waals surface area contributed by atoms with Crippen molar-refractivity contribution in [2.45, 2.75) is 52.5 Å². The Bertz CT molecular complexity index is 507. The van der Waals surface area contributed by atoms with E-state index < -0.39 is 5.97 Å². The minimum atomic E-state index is -0.404. The van der Waals surface area contributed by atoms with Crippen LogP contribution in [-0.2, 0) is 17.6 Å². The average Bonchev–Trinajstić information content (AvgIpc) is 2.81. The highest BCUT2D eigenvalue weighted by Crippen LogP contribution is 2.35. The molecular weight excluding hydrogens is 266 g/mol. The Morgan fingerprint density at radius 2 is 1.81 bits per heavy atom. The Kier molecular flexibility index (Phi) is 5.23. The van der Waals surface area contributed by atoms with Gasteiger partial charge in [-0.25, -0.2) is 0 Å². The molecule has 0 spiro atoms. The molecule has 2 rings (SSSR count). The lowest BCUT2D eigenvalue weighted by Gasteiger charge is -2.27. The third-order valence-corrected chi connectivity index (χ3v) is 3.98. The van der Waals surface area contributed by atoms with Gasteiger partial charge < -0.3 is 9.84 Å². The summed E-state index contributed by atoms with van der Waals surface area (Å²) in [4.78, 5) is 13.6. The first kappa shape index (κ1) is 15.8. The number of hydrogen-bond acceptors (Lipinski definition) is 4. The molecule has 21 heavy (non-hydrogen) atoms. The predicted octanol–water partition coefficient (Wildman–Crippen LogP) is 2.91. The van der Waals surface area contributed by atoms with Crippen LogP contribution in [0, 0.1) is 0 Å². The van der Waals surface area contributed by atoms with Crippen LogP contribution in [-0.4, -0.2) is 35.1 Å². The highest BCUT2D eigenvalue weighted by atomic mass is 16.5. The molecule has 0 saturated heterocycles. The predicted molar refractivity (Wildman–Crippen MR) is 82.8 cm³/mol. The van der Waals surface area contributed by atoms with Crippen LogP contribution in [0.2, 0.25) is 0 Å². The molecule has 1 N–H and O–H groups in total. The van der Waals surface area contributed by atoms with Crippen LogP contribution in [0.25, 0.3) is 0 Å². The molecule has 0 radical (unpaired) electrons. The normalized spacial score (nSPS) is 17.0. The lowest BCUT2D eigenvalue weighted by atomic mass is 10.1. The SMILES string of the molecule is CCCN(CCC)C1Cc2cc(O)c(OC(C)=O)cc2C1. The number of benzene rings is 1. The zero-order valence-corrected chi connectivity index (χ0v) is 13.2. The maximum absolute atomic E-state index is 11.1. The smallest absolute Gasteiger partial charge is 0.308 e. The van der Waals surface area contributed by atoms with E-state index in [0.717, 1.165) is 38.8 Å². The molecule has 4 nitrogen and oxygen atoms in total. The van der Waals surface area contributed by atoms with E-state index in [1.54, 1.807) is 6.07 Å². The van der Waals surface area contributed by atoms with Crippen molar-refractivity contribution in [3.8, 4) is 11.5 Å².